The van der Waals surface area contributed by atoms with Crippen molar-refractivity contribution in [1.29, 1.82) is 0 Å². The van der Waals surface area contributed by atoms with Gasteiger partial charge in [-0.3, -0.25) is 0 Å². The molecule has 98 valence electrons. The predicted octanol–water partition coefficient (Wildman–Crippen LogP) is 3.76. The van der Waals surface area contributed by atoms with E-state index in [1.165, 1.54) is 5.56 Å². The standard InChI is InChI=1S/C13H22BrNO2/c1-4-7-15-12(10(2)5-8-16-3)11-6-9-17-13(11)14/h6,9-10,12,15H,4-5,7-8H2,1-3H3. The number of hydrogen-bond donors (Lipinski definition) is 1. The average molecular weight is 304 g/mol. The molecule has 2 unspecified atom stereocenters. The molecule has 0 radical (unpaired) electrons. The van der Waals surface area contributed by atoms with Gasteiger partial charge in [-0.05, 0) is 47.3 Å². The maximum atomic E-state index is 5.33. The van der Waals surface area contributed by atoms with Crippen molar-refractivity contribution in [3.8, 4) is 0 Å². The third-order valence-electron chi connectivity index (χ3n) is 2.94. The molecule has 0 aliphatic rings. The van der Waals surface area contributed by atoms with Crippen LogP contribution in [-0.2, 0) is 4.74 Å². The van der Waals surface area contributed by atoms with Crippen LogP contribution in [0.25, 0.3) is 0 Å². The number of nitrogens with one attached hydrogen (secondary N) is 1. The maximum Gasteiger partial charge on any atom is 0.173 e. The Hall–Kier alpha value is -0.320. The minimum atomic E-state index is 0.318. The molecule has 0 aliphatic heterocycles. The van der Waals surface area contributed by atoms with Gasteiger partial charge in [-0.2, -0.15) is 0 Å². The van der Waals surface area contributed by atoms with E-state index in [0.29, 0.717) is 12.0 Å². The van der Waals surface area contributed by atoms with E-state index in [1.807, 2.05) is 6.07 Å². The lowest BCUT2D eigenvalue weighted by molar-refractivity contribution is 0.170. The zero-order chi connectivity index (χ0) is 12.7. The highest BCUT2D eigenvalue weighted by Gasteiger charge is 2.22. The van der Waals surface area contributed by atoms with E-state index in [4.69, 9.17) is 9.15 Å². The van der Waals surface area contributed by atoms with Crippen molar-refractivity contribution < 1.29 is 9.15 Å². The fraction of sp³-hybridized carbons (Fsp3) is 0.692. The van der Waals surface area contributed by atoms with Gasteiger partial charge in [-0.1, -0.05) is 13.8 Å². The first-order valence-corrected chi connectivity index (χ1v) is 6.95. The fourth-order valence-electron chi connectivity index (χ4n) is 1.91. The minimum absolute atomic E-state index is 0.318. The number of furan rings is 1. The van der Waals surface area contributed by atoms with Crippen LogP contribution in [0.4, 0.5) is 0 Å². The van der Waals surface area contributed by atoms with Crippen molar-refractivity contribution in [2.75, 3.05) is 20.3 Å². The van der Waals surface area contributed by atoms with Gasteiger partial charge in [-0.15, -0.1) is 0 Å². The first-order chi connectivity index (χ1) is 8.20. The molecule has 1 aromatic rings. The molecule has 0 fully saturated rings. The molecule has 0 aromatic carbocycles. The highest BCUT2D eigenvalue weighted by Crippen LogP contribution is 2.31. The molecule has 3 nitrogen and oxygen atoms in total. The van der Waals surface area contributed by atoms with Crippen LogP contribution < -0.4 is 5.32 Å². The van der Waals surface area contributed by atoms with Gasteiger partial charge < -0.3 is 14.5 Å². The van der Waals surface area contributed by atoms with Crippen molar-refractivity contribution in [1.82, 2.24) is 5.32 Å². The Bertz CT molecular complexity index is 314. The molecule has 1 rings (SSSR count). The van der Waals surface area contributed by atoms with Crippen LogP contribution in [0.2, 0.25) is 0 Å². The van der Waals surface area contributed by atoms with Crippen LogP contribution in [-0.4, -0.2) is 20.3 Å². The van der Waals surface area contributed by atoms with E-state index < -0.39 is 0 Å². The van der Waals surface area contributed by atoms with E-state index >= 15 is 0 Å². The smallest absolute Gasteiger partial charge is 0.173 e. The summed E-state index contributed by atoms with van der Waals surface area (Å²) in [7, 11) is 1.75. The summed E-state index contributed by atoms with van der Waals surface area (Å²) >= 11 is 3.46. The summed E-state index contributed by atoms with van der Waals surface area (Å²) in [5.74, 6) is 0.510. The lowest BCUT2D eigenvalue weighted by Crippen LogP contribution is -2.28. The van der Waals surface area contributed by atoms with Crippen molar-refractivity contribution in [2.45, 2.75) is 32.7 Å². The monoisotopic (exact) mass is 303 g/mol. The molecular weight excluding hydrogens is 282 g/mol. The quantitative estimate of drug-likeness (QED) is 0.794. The third kappa shape index (κ3) is 4.45. The molecule has 0 saturated heterocycles. The molecule has 2 atom stereocenters. The van der Waals surface area contributed by atoms with Crippen LogP contribution in [0.1, 0.15) is 38.3 Å². The number of ether oxygens (including phenoxy) is 1. The van der Waals surface area contributed by atoms with Gasteiger partial charge in [0.05, 0.1) is 6.26 Å². The van der Waals surface area contributed by atoms with Gasteiger partial charge in [0.25, 0.3) is 0 Å². The van der Waals surface area contributed by atoms with Crippen LogP contribution in [0.3, 0.4) is 0 Å². The second-order valence-electron chi connectivity index (χ2n) is 4.34. The summed E-state index contributed by atoms with van der Waals surface area (Å²) in [5.41, 5.74) is 1.20. The molecule has 1 N–H and O–H groups in total. The Morgan fingerprint density at radius 2 is 2.29 bits per heavy atom. The Balaban J connectivity index is 2.69. The van der Waals surface area contributed by atoms with E-state index in [-0.39, 0.29) is 0 Å². The van der Waals surface area contributed by atoms with Crippen molar-refractivity contribution in [3.05, 3.63) is 22.6 Å². The summed E-state index contributed by atoms with van der Waals surface area (Å²) in [4.78, 5) is 0. The molecular formula is C13H22BrNO2. The minimum Gasteiger partial charge on any atom is -0.457 e. The van der Waals surface area contributed by atoms with Gasteiger partial charge in [0, 0.05) is 25.3 Å². The van der Waals surface area contributed by atoms with Crippen LogP contribution in [0.15, 0.2) is 21.4 Å². The number of halogens is 1. The maximum absolute atomic E-state index is 5.33. The number of hydrogen-bond acceptors (Lipinski definition) is 3. The van der Waals surface area contributed by atoms with E-state index in [9.17, 15) is 0 Å². The SMILES string of the molecule is CCCNC(c1ccoc1Br)C(C)CCOC. The van der Waals surface area contributed by atoms with Crippen LogP contribution in [0.5, 0.6) is 0 Å². The van der Waals surface area contributed by atoms with Crippen molar-refractivity contribution >= 4 is 15.9 Å². The second-order valence-corrected chi connectivity index (χ2v) is 5.06. The molecule has 0 aliphatic carbocycles. The summed E-state index contributed by atoms with van der Waals surface area (Å²) in [6.45, 7) is 6.22. The zero-order valence-corrected chi connectivity index (χ0v) is 12.4. The molecule has 0 amide bonds. The van der Waals surface area contributed by atoms with Gasteiger partial charge >= 0.3 is 0 Å². The third-order valence-corrected chi connectivity index (χ3v) is 3.59. The zero-order valence-electron chi connectivity index (χ0n) is 10.8. The Morgan fingerprint density at radius 1 is 1.53 bits per heavy atom. The highest BCUT2D eigenvalue weighted by atomic mass is 79.9. The lowest BCUT2D eigenvalue weighted by Gasteiger charge is -2.24. The summed E-state index contributed by atoms with van der Waals surface area (Å²) in [5, 5.41) is 3.58. The van der Waals surface area contributed by atoms with E-state index in [0.717, 1.165) is 30.7 Å². The molecule has 0 saturated carbocycles. The van der Waals surface area contributed by atoms with Crippen LogP contribution in [0, 0.1) is 5.92 Å². The lowest BCUT2D eigenvalue weighted by atomic mass is 9.93. The fourth-order valence-corrected chi connectivity index (χ4v) is 2.40. The first-order valence-electron chi connectivity index (χ1n) is 6.15. The molecule has 1 heterocycles. The van der Waals surface area contributed by atoms with Gasteiger partial charge in [0.1, 0.15) is 0 Å². The predicted molar refractivity (Wildman–Crippen MR) is 73.1 cm³/mol. The van der Waals surface area contributed by atoms with E-state index in [2.05, 4.69) is 35.1 Å². The molecule has 4 heteroatoms. The number of rotatable bonds is 8. The number of methoxy groups -OCH3 is 1. The van der Waals surface area contributed by atoms with Crippen LogP contribution >= 0.6 is 15.9 Å². The van der Waals surface area contributed by atoms with Gasteiger partial charge in [0.15, 0.2) is 4.67 Å². The van der Waals surface area contributed by atoms with Crippen molar-refractivity contribution in [3.63, 3.8) is 0 Å². The second kappa shape index (κ2) is 7.90. The molecule has 1 aromatic heterocycles. The Morgan fingerprint density at radius 3 is 2.82 bits per heavy atom. The molecule has 17 heavy (non-hydrogen) atoms. The summed E-state index contributed by atoms with van der Waals surface area (Å²) < 4.78 is 11.3. The molecule has 0 bridgehead atoms. The Labute approximate surface area is 112 Å². The largest absolute Gasteiger partial charge is 0.457 e. The molecule has 0 spiro atoms. The average Bonchev–Trinajstić information content (AvgIpc) is 2.73. The van der Waals surface area contributed by atoms with Crippen molar-refractivity contribution in [2.24, 2.45) is 5.92 Å². The Kier molecular flexibility index (Phi) is 6.85. The van der Waals surface area contributed by atoms with E-state index in [1.54, 1.807) is 13.4 Å². The topological polar surface area (TPSA) is 34.4 Å². The first kappa shape index (κ1) is 14.7. The normalized spacial score (nSPS) is 14.8. The van der Waals surface area contributed by atoms with Gasteiger partial charge in [-0.25, -0.2) is 0 Å². The highest BCUT2D eigenvalue weighted by molar-refractivity contribution is 9.10. The summed E-state index contributed by atoms with van der Waals surface area (Å²) in [6.07, 6.45) is 3.89. The van der Waals surface area contributed by atoms with Gasteiger partial charge in [0.2, 0.25) is 0 Å². The summed E-state index contributed by atoms with van der Waals surface area (Å²) in [6, 6.07) is 2.35.